The second-order valence-corrected chi connectivity index (χ2v) is 7.82. The Morgan fingerprint density at radius 2 is 1.00 bits per heavy atom. The summed E-state index contributed by atoms with van der Waals surface area (Å²) in [5.74, 6) is 0. The maximum Gasteiger partial charge on any atom is 0.0565 e. The zero-order valence-electron chi connectivity index (χ0n) is 7.28. The average molecular weight is 149 g/mol. The number of rotatable bonds is 4. The van der Waals surface area contributed by atoms with Crippen LogP contribution in [0.1, 0.15) is 29.1 Å². The first kappa shape index (κ1) is 9.43. The van der Waals surface area contributed by atoms with E-state index < -0.39 is 7.26 Å². The molecule has 0 aromatic carbocycles. The van der Waals surface area contributed by atoms with Gasteiger partial charge in [-0.25, -0.2) is 0 Å². The Morgan fingerprint density at radius 1 is 0.778 bits per heavy atom. The summed E-state index contributed by atoms with van der Waals surface area (Å²) in [5, 5.41) is 0. The van der Waals surface area contributed by atoms with Gasteiger partial charge in [0.15, 0.2) is 0 Å². The quantitative estimate of drug-likeness (QED) is 0.538. The summed E-state index contributed by atoms with van der Waals surface area (Å²) in [6.07, 6.45) is 5.82. The largest absolute Gasteiger partial charge is 0.0565 e. The van der Waals surface area contributed by atoms with Gasteiger partial charge in [-0.2, -0.15) is 0 Å². The predicted molar refractivity (Wildman–Crippen MR) is 51.2 cm³/mol. The van der Waals surface area contributed by atoms with Gasteiger partial charge in [-0.05, 0) is 27.7 Å². The fraction of sp³-hybridized carbons (Fsp3) is 1.00. The van der Waals surface area contributed by atoms with Crippen molar-refractivity contribution >= 4 is 7.26 Å². The van der Waals surface area contributed by atoms with Crippen LogP contribution in [0, 0.1) is 0 Å². The van der Waals surface area contributed by atoms with Crippen molar-refractivity contribution in [2.24, 2.45) is 0 Å². The van der Waals surface area contributed by atoms with Gasteiger partial charge in [-0.1, -0.05) is 0 Å². The fourth-order valence-electron chi connectivity index (χ4n) is 1.34. The first-order chi connectivity index (χ1) is 4.24. The van der Waals surface area contributed by atoms with Crippen molar-refractivity contribution in [1.29, 1.82) is 0 Å². The van der Waals surface area contributed by atoms with Crippen molar-refractivity contribution in [3.8, 4) is 0 Å². The van der Waals surface area contributed by atoms with Crippen molar-refractivity contribution in [1.82, 2.24) is 0 Å². The van der Waals surface area contributed by atoms with E-state index in [2.05, 4.69) is 27.7 Å². The molecule has 0 aromatic rings. The zero-order valence-corrected chi connectivity index (χ0v) is 8.17. The first-order valence-corrected chi connectivity index (χ1v) is 6.62. The predicted octanol–water partition coefficient (Wildman–Crippen LogP) is 3.33. The van der Waals surface area contributed by atoms with Crippen LogP contribution in [0.3, 0.4) is 0 Å². The van der Waals surface area contributed by atoms with Crippen molar-refractivity contribution in [2.75, 3.05) is 24.6 Å². The SMILES string of the molecule is CC[P+](CC)(CC)CC.[HH]. The first-order valence-electron chi connectivity index (χ1n) is 4.09. The minimum absolute atomic E-state index is 0. The van der Waals surface area contributed by atoms with E-state index >= 15 is 0 Å². The molecule has 0 saturated heterocycles. The van der Waals surface area contributed by atoms with E-state index in [1.54, 1.807) is 0 Å². The maximum atomic E-state index is 2.35. The molecule has 0 unspecified atom stereocenters. The second-order valence-electron chi connectivity index (χ2n) is 2.61. The maximum absolute atomic E-state index is 2.35. The van der Waals surface area contributed by atoms with Crippen LogP contribution in [0.25, 0.3) is 0 Å². The third-order valence-electron chi connectivity index (χ3n) is 2.68. The molecular weight excluding hydrogens is 127 g/mol. The summed E-state index contributed by atoms with van der Waals surface area (Å²) >= 11 is 0. The third-order valence-corrected chi connectivity index (χ3v) is 8.05. The van der Waals surface area contributed by atoms with Gasteiger partial charge in [-0.15, -0.1) is 0 Å². The summed E-state index contributed by atoms with van der Waals surface area (Å²) in [5.41, 5.74) is 0. The molecule has 0 spiro atoms. The van der Waals surface area contributed by atoms with E-state index in [1.807, 2.05) is 0 Å². The third kappa shape index (κ3) is 2.26. The number of hydrogen-bond acceptors (Lipinski definition) is 0. The molecule has 0 aliphatic carbocycles. The fourth-order valence-corrected chi connectivity index (χ4v) is 4.02. The molecule has 0 rings (SSSR count). The number of hydrogen-bond donors (Lipinski definition) is 0. The van der Waals surface area contributed by atoms with Crippen molar-refractivity contribution in [3.05, 3.63) is 0 Å². The Hall–Kier alpha value is 0.430. The molecule has 0 atom stereocenters. The smallest absolute Gasteiger partial charge is 0.0311 e. The lowest BCUT2D eigenvalue weighted by Crippen LogP contribution is -2.04. The van der Waals surface area contributed by atoms with Gasteiger partial charge in [0.25, 0.3) is 0 Å². The minimum atomic E-state index is -0.420. The topological polar surface area (TPSA) is 0 Å². The Bertz CT molecular complexity index is 52.1. The van der Waals surface area contributed by atoms with Crippen LogP contribution in [-0.2, 0) is 0 Å². The molecule has 0 amide bonds. The highest BCUT2D eigenvalue weighted by Crippen LogP contribution is 2.57. The van der Waals surface area contributed by atoms with Gasteiger partial charge in [0.2, 0.25) is 0 Å². The van der Waals surface area contributed by atoms with Crippen molar-refractivity contribution < 1.29 is 1.43 Å². The molecule has 58 valence electrons. The summed E-state index contributed by atoms with van der Waals surface area (Å²) in [6, 6.07) is 0. The lowest BCUT2D eigenvalue weighted by Gasteiger charge is -2.20. The van der Waals surface area contributed by atoms with Crippen LogP contribution < -0.4 is 0 Å². The van der Waals surface area contributed by atoms with E-state index in [0.717, 1.165) is 0 Å². The Labute approximate surface area is 61.9 Å². The normalized spacial score (nSPS) is 12.0. The Morgan fingerprint density at radius 3 is 1.00 bits per heavy atom. The van der Waals surface area contributed by atoms with Crippen LogP contribution in [0.4, 0.5) is 0 Å². The monoisotopic (exact) mass is 149 g/mol. The molecule has 1 heteroatoms. The molecule has 0 aromatic heterocycles. The molecule has 0 N–H and O–H groups in total. The summed E-state index contributed by atoms with van der Waals surface area (Å²) in [6.45, 7) is 9.41. The summed E-state index contributed by atoms with van der Waals surface area (Å²) < 4.78 is 0. The Balaban J connectivity index is 0. The van der Waals surface area contributed by atoms with Gasteiger partial charge in [0.05, 0.1) is 24.6 Å². The minimum Gasteiger partial charge on any atom is -0.0311 e. The van der Waals surface area contributed by atoms with Crippen LogP contribution in [-0.4, -0.2) is 24.6 Å². The van der Waals surface area contributed by atoms with Gasteiger partial charge < -0.3 is 0 Å². The molecule has 0 nitrogen and oxygen atoms in total. The second kappa shape index (κ2) is 4.28. The molecule has 0 heterocycles. The molecule has 0 saturated carbocycles. The highest BCUT2D eigenvalue weighted by atomic mass is 31.2. The zero-order chi connectivity index (χ0) is 7.33. The molecule has 0 aliphatic rings. The van der Waals surface area contributed by atoms with Crippen LogP contribution in [0.2, 0.25) is 0 Å². The van der Waals surface area contributed by atoms with E-state index in [4.69, 9.17) is 0 Å². The standard InChI is InChI=1S/C8H20P.H2/c1-5-9(6-2,7-3)8-4;/h5-8H2,1-4H3;1H/q+1;. The highest BCUT2D eigenvalue weighted by molar-refractivity contribution is 7.75. The summed E-state index contributed by atoms with van der Waals surface area (Å²) in [4.78, 5) is 0. The van der Waals surface area contributed by atoms with E-state index in [1.165, 1.54) is 24.6 Å². The molecular formula is C8H22P+. The van der Waals surface area contributed by atoms with Crippen molar-refractivity contribution in [3.63, 3.8) is 0 Å². The van der Waals surface area contributed by atoms with Crippen molar-refractivity contribution in [2.45, 2.75) is 27.7 Å². The van der Waals surface area contributed by atoms with Gasteiger partial charge in [0.1, 0.15) is 0 Å². The van der Waals surface area contributed by atoms with E-state index in [-0.39, 0.29) is 1.43 Å². The van der Waals surface area contributed by atoms with Gasteiger partial charge in [-0.3, -0.25) is 0 Å². The van der Waals surface area contributed by atoms with Gasteiger partial charge in [0, 0.05) is 8.69 Å². The molecule has 9 heavy (non-hydrogen) atoms. The average Bonchev–Trinajstić information content (AvgIpc) is 1.95. The Kier molecular flexibility index (Phi) is 4.48. The van der Waals surface area contributed by atoms with Crippen LogP contribution >= 0.6 is 7.26 Å². The molecule has 0 fully saturated rings. The van der Waals surface area contributed by atoms with Crippen LogP contribution in [0.5, 0.6) is 0 Å². The lowest BCUT2D eigenvalue weighted by atomic mass is 10.9. The molecule has 0 aliphatic heterocycles. The van der Waals surface area contributed by atoms with E-state index in [9.17, 15) is 0 Å². The van der Waals surface area contributed by atoms with E-state index in [0.29, 0.717) is 0 Å². The molecule has 0 radical (unpaired) electrons. The van der Waals surface area contributed by atoms with Gasteiger partial charge >= 0.3 is 0 Å². The van der Waals surface area contributed by atoms with Crippen LogP contribution in [0.15, 0.2) is 0 Å². The molecule has 0 bridgehead atoms. The lowest BCUT2D eigenvalue weighted by molar-refractivity contribution is 1.25. The highest BCUT2D eigenvalue weighted by Gasteiger charge is 2.27. The summed E-state index contributed by atoms with van der Waals surface area (Å²) in [7, 11) is -0.420.